The van der Waals surface area contributed by atoms with Crippen molar-refractivity contribution in [2.75, 3.05) is 31.6 Å². The first-order valence-electron chi connectivity index (χ1n) is 9.77. The van der Waals surface area contributed by atoms with Crippen LogP contribution in [0.15, 0.2) is 47.4 Å². The Morgan fingerprint density at radius 2 is 1.80 bits per heavy atom. The summed E-state index contributed by atoms with van der Waals surface area (Å²) < 4.78 is 51.2. The van der Waals surface area contributed by atoms with Gasteiger partial charge in [-0.2, -0.15) is 4.31 Å². The Labute approximate surface area is 176 Å². The highest BCUT2D eigenvalue weighted by Gasteiger charge is 2.26. The van der Waals surface area contributed by atoms with E-state index < -0.39 is 15.8 Å². The summed E-state index contributed by atoms with van der Waals surface area (Å²) in [6, 6.07) is 10.1. The fraction of sp³-hybridized carbons (Fsp3) is 0.381. The zero-order valence-corrected chi connectivity index (χ0v) is 18.2. The van der Waals surface area contributed by atoms with Gasteiger partial charge in [-0.15, -0.1) is 0 Å². The summed E-state index contributed by atoms with van der Waals surface area (Å²) in [6.07, 6.45) is 0.0157. The molecule has 0 aliphatic heterocycles. The van der Waals surface area contributed by atoms with E-state index in [0.717, 1.165) is 0 Å². The van der Waals surface area contributed by atoms with Gasteiger partial charge in [0.15, 0.2) is 0 Å². The van der Waals surface area contributed by atoms with Crippen molar-refractivity contribution >= 4 is 21.6 Å². The molecular formula is C21H27FN2O5S. The van der Waals surface area contributed by atoms with Gasteiger partial charge in [-0.3, -0.25) is 4.79 Å². The number of benzene rings is 2. The number of hydrogen-bond donors (Lipinski definition) is 1. The normalized spacial score (nSPS) is 11.4. The van der Waals surface area contributed by atoms with Crippen LogP contribution in [0.1, 0.15) is 27.2 Å². The molecule has 164 valence electrons. The average molecular weight is 439 g/mol. The number of amides is 1. The van der Waals surface area contributed by atoms with Gasteiger partial charge in [0.05, 0.1) is 19.6 Å². The topological polar surface area (TPSA) is 84.9 Å². The number of halogens is 1. The molecule has 0 bridgehead atoms. The lowest BCUT2D eigenvalue weighted by molar-refractivity contribution is -0.116. The molecule has 0 aromatic heterocycles. The van der Waals surface area contributed by atoms with E-state index in [1.54, 1.807) is 32.9 Å². The summed E-state index contributed by atoms with van der Waals surface area (Å²) in [6.45, 7) is 6.27. The van der Waals surface area contributed by atoms with E-state index in [1.165, 1.54) is 34.6 Å². The Hall–Kier alpha value is -2.65. The molecule has 0 aliphatic rings. The Kier molecular flexibility index (Phi) is 8.61. The molecule has 1 amide bonds. The first kappa shape index (κ1) is 23.6. The molecule has 1 N–H and O–H groups in total. The second kappa shape index (κ2) is 10.9. The molecular weight excluding hydrogens is 411 g/mol. The predicted molar refractivity (Wildman–Crippen MR) is 113 cm³/mol. The molecule has 0 saturated carbocycles. The Morgan fingerprint density at radius 3 is 2.43 bits per heavy atom. The number of nitrogens with one attached hydrogen (secondary N) is 1. The molecule has 2 aromatic rings. The molecule has 30 heavy (non-hydrogen) atoms. The Morgan fingerprint density at radius 1 is 1.07 bits per heavy atom. The van der Waals surface area contributed by atoms with Crippen molar-refractivity contribution in [1.82, 2.24) is 4.31 Å². The Bertz CT molecular complexity index is 962. The number of carbonyl (C=O) groups excluding carboxylic acids is 1. The first-order valence-corrected chi connectivity index (χ1v) is 11.2. The lowest BCUT2D eigenvalue weighted by Crippen LogP contribution is -2.31. The molecule has 7 nitrogen and oxygen atoms in total. The van der Waals surface area contributed by atoms with Crippen LogP contribution in [-0.2, 0) is 14.8 Å². The van der Waals surface area contributed by atoms with Gasteiger partial charge in [0.1, 0.15) is 22.2 Å². The highest BCUT2D eigenvalue weighted by Crippen LogP contribution is 2.30. The van der Waals surface area contributed by atoms with Crippen LogP contribution in [0, 0.1) is 5.82 Å². The van der Waals surface area contributed by atoms with Crippen molar-refractivity contribution in [2.24, 2.45) is 0 Å². The fourth-order valence-corrected chi connectivity index (χ4v) is 4.42. The van der Waals surface area contributed by atoms with Crippen LogP contribution in [0.4, 0.5) is 10.1 Å². The van der Waals surface area contributed by atoms with E-state index in [4.69, 9.17) is 9.47 Å². The van der Waals surface area contributed by atoms with Gasteiger partial charge < -0.3 is 14.8 Å². The van der Waals surface area contributed by atoms with Crippen LogP contribution >= 0.6 is 0 Å². The SMILES string of the molecule is CCOc1ccc(NC(=O)CCOc2cccc(F)c2)cc1S(=O)(=O)N(CC)CC. The number of nitrogens with zero attached hydrogens (tertiary/aromatic N) is 1. The number of carbonyl (C=O) groups is 1. The summed E-state index contributed by atoms with van der Waals surface area (Å²) in [5, 5.41) is 2.66. The second-order valence-electron chi connectivity index (χ2n) is 6.29. The van der Waals surface area contributed by atoms with Gasteiger partial charge in [-0.05, 0) is 37.3 Å². The fourth-order valence-electron chi connectivity index (χ4n) is 2.81. The predicted octanol–water partition coefficient (Wildman–Crippen LogP) is 3.66. The van der Waals surface area contributed by atoms with E-state index in [2.05, 4.69) is 5.32 Å². The van der Waals surface area contributed by atoms with E-state index in [0.29, 0.717) is 31.1 Å². The first-order chi connectivity index (χ1) is 14.3. The maximum absolute atomic E-state index is 13.1. The molecule has 0 fully saturated rings. The summed E-state index contributed by atoms with van der Waals surface area (Å²) in [4.78, 5) is 12.2. The molecule has 0 unspecified atom stereocenters. The van der Waals surface area contributed by atoms with Crippen LogP contribution in [-0.4, -0.2) is 44.9 Å². The third kappa shape index (κ3) is 6.17. The van der Waals surface area contributed by atoms with Gasteiger partial charge in [0, 0.05) is 24.8 Å². The molecule has 9 heteroatoms. The monoisotopic (exact) mass is 438 g/mol. The van der Waals surface area contributed by atoms with Crippen LogP contribution in [0.25, 0.3) is 0 Å². The molecule has 0 atom stereocenters. The van der Waals surface area contributed by atoms with Crippen molar-refractivity contribution in [3.05, 3.63) is 48.3 Å². The third-order valence-electron chi connectivity index (χ3n) is 4.24. The number of sulfonamides is 1. The van der Waals surface area contributed by atoms with Gasteiger partial charge in [-0.1, -0.05) is 19.9 Å². The van der Waals surface area contributed by atoms with Crippen LogP contribution in [0.2, 0.25) is 0 Å². The minimum atomic E-state index is -3.77. The lowest BCUT2D eigenvalue weighted by atomic mass is 10.3. The minimum absolute atomic E-state index is 0.00172. The van der Waals surface area contributed by atoms with Crippen molar-refractivity contribution in [2.45, 2.75) is 32.1 Å². The third-order valence-corrected chi connectivity index (χ3v) is 6.32. The number of ether oxygens (including phenoxy) is 2. The maximum atomic E-state index is 13.1. The molecule has 0 saturated heterocycles. The van der Waals surface area contributed by atoms with Gasteiger partial charge in [0.25, 0.3) is 0 Å². The van der Waals surface area contributed by atoms with E-state index >= 15 is 0 Å². The number of hydrogen-bond acceptors (Lipinski definition) is 5. The smallest absolute Gasteiger partial charge is 0.246 e. The zero-order valence-electron chi connectivity index (χ0n) is 17.4. The molecule has 0 aliphatic carbocycles. The highest BCUT2D eigenvalue weighted by atomic mass is 32.2. The summed E-state index contributed by atoms with van der Waals surface area (Å²) in [7, 11) is -3.77. The van der Waals surface area contributed by atoms with Crippen molar-refractivity contribution < 1.29 is 27.1 Å². The second-order valence-corrected chi connectivity index (χ2v) is 8.19. The zero-order chi connectivity index (χ0) is 22.1. The lowest BCUT2D eigenvalue weighted by Gasteiger charge is -2.21. The number of rotatable bonds is 11. The molecule has 0 heterocycles. The molecule has 0 spiro atoms. The summed E-state index contributed by atoms with van der Waals surface area (Å²) >= 11 is 0. The van der Waals surface area contributed by atoms with E-state index in [9.17, 15) is 17.6 Å². The maximum Gasteiger partial charge on any atom is 0.246 e. The van der Waals surface area contributed by atoms with Gasteiger partial charge >= 0.3 is 0 Å². The highest BCUT2D eigenvalue weighted by molar-refractivity contribution is 7.89. The summed E-state index contributed by atoms with van der Waals surface area (Å²) in [5.41, 5.74) is 0.333. The quantitative estimate of drug-likeness (QED) is 0.579. The van der Waals surface area contributed by atoms with E-state index in [1.807, 2.05) is 0 Å². The minimum Gasteiger partial charge on any atom is -0.493 e. The number of anilines is 1. The Balaban J connectivity index is 2.11. The van der Waals surface area contributed by atoms with Crippen molar-refractivity contribution in [3.63, 3.8) is 0 Å². The molecule has 0 radical (unpaired) electrons. The largest absolute Gasteiger partial charge is 0.493 e. The molecule has 2 aromatic carbocycles. The van der Waals surface area contributed by atoms with Gasteiger partial charge in [0.2, 0.25) is 15.9 Å². The van der Waals surface area contributed by atoms with Crippen LogP contribution in [0.5, 0.6) is 11.5 Å². The standard InChI is InChI=1S/C21H27FN2O5S/c1-4-24(5-2)30(26,27)20-15-17(10-11-19(20)28-6-3)23-21(25)12-13-29-18-9-7-8-16(22)14-18/h7-11,14-15H,4-6,12-13H2,1-3H3,(H,23,25). The van der Waals surface area contributed by atoms with Gasteiger partial charge in [-0.25, -0.2) is 12.8 Å². The van der Waals surface area contributed by atoms with Crippen LogP contribution < -0.4 is 14.8 Å². The van der Waals surface area contributed by atoms with Crippen LogP contribution in [0.3, 0.4) is 0 Å². The molecule has 2 rings (SSSR count). The average Bonchev–Trinajstić information content (AvgIpc) is 2.70. The summed E-state index contributed by atoms with van der Waals surface area (Å²) in [5.74, 6) is -0.219. The van der Waals surface area contributed by atoms with E-state index in [-0.39, 0.29) is 29.6 Å². The van der Waals surface area contributed by atoms with Crippen molar-refractivity contribution in [1.29, 1.82) is 0 Å². The van der Waals surface area contributed by atoms with Crippen molar-refractivity contribution in [3.8, 4) is 11.5 Å².